The third kappa shape index (κ3) is 4.44. The Hall–Kier alpha value is -3.58. The average Bonchev–Trinajstić information content (AvgIpc) is 2.89. The number of ether oxygens (including phenoxy) is 1. The van der Waals surface area contributed by atoms with Gasteiger partial charge in [0.1, 0.15) is 11.3 Å². The number of benzene rings is 2. The van der Waals surface area contributed by atoms with E-state index < -0.39 is 0 Å². The lowest BCUT2D eigenvalue weighted by Crippen LogP contribution is -2.39. The van der Waals surface area contributed by atoms with E-state index in [1.54, 1.807) is 23.4 Å². The van der Waals surface area contributed by atoms with Gasteiger partial charge in [-0.05, 0) is 54.4 Å². The monoisotopic (exact) mass is 485 g/mol. The summed E-state index contributed by atoms with van der Waals surface area (Å²) >= 11 is 1.55. The summed E-state index contributed by atoms with van der Waals surface area (Å²) in [5, 5.41) is 0.870. The van der Waals surface area contributed by atoms with Crippen LogP contribution in [0.2, 0.25) is 0 Å². The number of fused-ring (bicyclic) bond motifs is 2. The molecule has 0 bridgehead atoms. The zero-order valence-electron chi connectivity index (χ0n) is 20.1. The van der Waals surface area contributed by atoms with Gasteiger partial charge in [-0.15, -0.1) is 11.8 Å². The second-order valence-corrected chi connectivity index (χ2v) is 9.77. The summed E-state index contributed by atoms with van der Waals surface area (Å²) in [5.41, 5.74) is 5.00. The van der Waals surface area contributed by atoms with Crippen LogP contribution in [0.1, 0.15) is 17.0 Å². The maximum absolute atomic E-state index is 13.4. The summed E-state index contributed by atoms with van der Waals surface area (Å²) < 4.78 is 7.26. The lowest BCUT2D eigenvalue weighted by Gasteiger charge is -2.30. The van der Waals surface area contributed by atoms with Crippen LogP contribution in [0.5, 0.6) is 5.75 Å². The van der Waals surface area contributed by atoms with Crippen molar-refractivity contribution < 1.29 is 9.53 Å². The Balaban J connectivity index is 1.49. The second kappa shape index (κ2) is 9.58. The summed E-state index contributed by atoms with van der Waals surface area (Å²) in [6.45, 7) is 3.05. The Labute approximate surface area is 208 Å². The number of nitrogens with zero attached hydrogens (tertiary/aromatic N) is 3. The maximum atomic E-state index is 13.4. The largest absolute Gasteiger partial charge is 0.494 e. The Morgan fingerprint density at radius 1 is 1.09 bits per heavy atom. The first-order valence-corrected chi connectivity index (χ1v) is 12.6. The number of carbonyl (C=O) groups excluding carboxylic acids is 1. The van der Waals surface area contributed by atoms with E-state index in [0.29, 0.717) is 36.6 Å². The fourth-order valence-corrected chi connectivity index (χ4v) is 5.50. The van der Waals surface area contributed by atoms with Gasteiger partial charge < -0.3 is 14.2 Å². The highest BCUT2D eigenvalue weighted by Crippen LogP contribution is 2.33. The van der Waals surface area contributed by atoms with Crippen molar-refractivity contribution in [2.45, 2.75) is 24.8 Å². The number of aryl methyl sites for hydroxylation is 1. The van der Waals surface area contributed by atoms with Gasteiger partial charge in [0.25, 0.3) is 5.56 Å². The van der Waals surface area contributed by atoms with Crippen LogP contribution < -0.4 is 10.3 Å². The highest BCUT2D eigenvalue weighted by molar-refractivity contribution is 8.00. The fourth-order valence-electron chi connectivity index (χ4n) is 4.68. The summed E-state index contributed by atoms with van der Waals surface area (Å²) in [4.78, 5) is 34.0. The van der Waals surface area contributed by atoms with Crippen LogP contribution in [0.3, 0.4) is 0 Å². The normalized spacial score (nSPS) is 13.1. The number of amides is 1. The standard InChI is InChI=1S/C28H27N3O3S/c1-18-9-10-22-21(11-12-25(34-3)27(22)29-18)23-15-19-16-31(14-13-24(19)30(2)28(23)33)26(32)17-35-20-7-5-4-6-8-20/h4-12,15H,13-14,16-17H2,1-3H3. The maximum Gasteiger partial charge on any atom is 0.258 e. The highest BCUT2D eigenvalue weighted by Gasteiger charge is 2.25. The van der Waals surface area contributed by atoms with Gasteiger partial charge in [0.05, 0.1) is 12.9 Å². The number of pyridine rings is 2. The van der Waals surface area contributed by atoms with Crippen molar-refractivity contribution in [1.29, 1.82) is 0 Å². The molecule has 0 aliphatic carbocycles. The molecule has 0 spiro atoms. The predicted octanol–water partition coefficient (Wildman–Crippen LogP) is 4.59. The van der Waals surface area contributed by atoms with Crippen LogP contribution in [0.15, 0.2) is 70.4 Å². The first-order valence-electron chi connectivity index (χ1n) is 11.6. The van der Waals surface area contributed by atoms with E-state index in [4.69, 9.17) is 4.74 Å². The lowest BCUT2D eigenvalue weighted by atomic mass is 9.96. The van der Waals surface area contributed by atoms with Crippen molar-refractivity contribution in [2.24, 2.45) is 7.05 Å². The zero-order valence-corrected chi connectivity index (χ0v) is 20.9. The van der Waals surface area contributed by atoms with E-state index >= 15 is 0 Å². The zero-order chi connectivity index (χ0) is 24.5. The summed E-state index contributed by atoms with van der Waals surface area (Å²) in [6.07, 6.45) is 0.660. The van der Waals surface area contributed by atoms with Crippen molar-refractivity contribution in [3.63, 3.8) is 0 Å². The van der Waals surface area contributed by atoms with Gasteiger partial charge in [-0.1, -0.05) is 24.3 Å². The van der Waals surface area contributed by atoms with E-state index in [9.17, 15) is 9.59 Å². The molecule has 35 heavy (non-hydrogen) atoms. The Bertz CT molecular complexity index is 1480. The minimum atomic E-state index is -0.0461. The van der Waals surface area contributed by atoms with Crippen LogP contribution >= 0.6 is 11.8 Å². The molecule has 6 nitrogen and oxygen atoms in total. The number of hydrogen-bond acceptors (Lipinski definition) is 5. The van der Waals surface area contributed by atoms with Gasteiger partial charge in [-0.25, -0.2) is 4.98 Å². The molecule has 5 rings (SSSR count). The smallest absolute Gasteiger partial charge is 0.258 e. The minimum Gasteiger partial charge on any atom is -0.494 e. The molecule has 0 saturated heterocycles. The first-order chi connectivity index (χ1) is 17.0. The van der Waals surface area contributed by atoms with E-state index in [1.165, 1.54) is 0 Å². The van der Waals surface area contributed by atoms with Gasteiger partial charge >= 0.3 is 0 Å². The molecule has 1 aliphatic rings. The molecule has 0 atom stereocenters. The Kier molecular flexibility index (Phi) is 6.34. The molecular weight excluding hydrogens is 458 g/mol. The molecule has 0 N–H and O–H groups in total. The number of hydrogen-bond donors (Lipinski definition) is 0. The molecule has 0 unspecified atom stereocenters. The molecule has 4 aromatic rings. The number of rotatable bonds is 5. The van der Waals surface area contributed by atoms with Gasteiger partial charge in [0.2, 0.25) is 5.91 Å². The third-order valence-corrected chi connectivity index (χ3v) is 7.53. The third-order valence-electron chi connectivity index (χ3n) is 6.54. The summed E-state index contributed by atoms with van der Waals surface area (Å²) in [5.74, 6) is 1.18. The molecule has 0 radical (unpaired) electrons. The van der Waals surface area contributed by atoms with Gasteiger partial charge in [-0.2, -0.15) is 0 Å². The molecule has 2 aromatic heterocycles. The topological polar surface area (TPSA) is 64.4 Å². The first kappa shape index (κ1) is 23.2. The van der Waals surface area contributed by atoms with Crippen LogP contribution in [-0.2, 0) is 24.8 Å². The average molecular weight is 486 g/mol. The second-order valence-electron chi connectivity index (χ2n) is 8.73. The van der Waals surface area contributed by atoms with Crippen molar-refractivity contribution in [3.05, 3.63) is 88.0 Å². The minimum absolute atomic E-state index is 0.0461. The number of carbonyl (C=O) groups is 1. The van der Waals surface area contributed by atoms with Crippen molar-refractivity contribution >= 4 is 28.6 Å². The molecule has 2 aromatic carbocycles. The van der Waals surface area contributed by atoms with Crippen LogP contribution in [0.4, 0.5) is 0 Å². The molecule has 3 heterocycles. The van der Waals surface area contributed by atoms with Crippen molar-refractivity contribution in [2.75, 3.05) is 19.4 Å². The molecular formula is C28H27N3O3S. The number of methoxy groups -OCH3 is 1. The van der Waals surface area contributed by atoms with Crippen molar-refractivity contribution in [1.82, 2.24) is 14.5 Å². The quantitative estimate of drug-likeness (QED) is 0.387. The van der Waals surface area contributed by atoms with E-state index in [1.807, 2.05) is 79.5 Å². The van der Waals surface area contributed by atoms with E-state index in [-0.39, 0.29) is 11.5 Å². The Morgan fingerprint density at radius 3 is 2.66 bits per heavy atom. The van der Waals surface area contributed by atoms with Crippen LogP contribution in [0, 0.1) is 6.92 Å². The van der Waals surface area contributed by atoms with Gasteiger partial charge in [0.15, 0.2) is 0 Å². The predicted molar refractivity (Wildman–Crippen MR) is 140 cm³/mol. The SMILES string of the molecule is COc1ccc(-c2cc3c(n(C)c2=O)CCN(C(=O)CSc2ccccc2)C3)c2ccc(C)nc12. The number of aromatic nitrogens is 2. The molecule has 7 heteroatoms. The van der Waals surface area contributed by atoms with E-state index in [0.717, 1.165) is 38.3 Å². The van der Waals surface area contributed by atoms with Gasteiger partial charge in [0, 0.05) is 53.8 Å². The molecule has 178 valence electrons. The van der Waals surface area contributed by atoms with Gasteiger partial charge in [-0.3, -0.25) is 9.59 Å². The van der Waals surface area contributed by atoms with E-state index in [2.05, 4.69) is 4.98 Å². The van der Waals surface area contributed by atoms with Crippen LogP contribution in [-0.4, -0.2) is 39.8 Å². The fraction of sp³-hybridized carbons (Fsp3) is 0.250. The number of thioether (sulfide) groups is 1. The highest BCUT2D eigenvalue weighted by atomic mass is 32.2. The molecule has 1 aliphatic heterocycles. The summed E-state index contributed by atoms with van der Waals surface area (Å²) in [6, 6.07) is 19.6. The molecule has 1 amide bonds. The molecule has 0 fully saturated rings. The van der Waals surface area contributed by atoms with Crippen molar-refractivity contribution in [3.8, 4) is 16.9 Å². The summed E-state index contributed by atoms with van der Waals surface area (Å²) in [7, 11) is 3.44. The Morgan fingerprint density at radius 2 is 1.89 bits per heavy atom. The molecule has 0 saturated carbocycles. The van der Waals surface area contributed by atoms with Crippen LogP contribution in [0.25, 0.3) is 22.0 Å². The lowest BCUT2D eigenvalue weighted by molar-refractivity contribution is -0.129.